The third kappa shape index (κ3) is 6.80. The van der Waals surface area contributed by atoms with Crippen molar-refractivity contribution in [3.8, 4) is 5.75 Å². The Morgan fingerprint density at radius 3 is 2.64 bits per heavy atom. The lowest BCUT2D eigenvalue weighted by molar-refractivity contribution is -0.152. The van der Waals surface area contributed by atoms with E-state index in [-0.39, 0.29) is 11.7 Å². The monoisotopic (exact) mass is 379 g/mol. The summed E-state index contributed by atoms with van der Waals surface area (Å²) < 4.78 is 10.5. The van der Waals surface area contributed by atoms with E-state index < -0.39 is 12.1 Å². The molecule has 1 aromatic heterocycles. The first-order chi connectivity index (χ1) is 12.1. The van der Waals surface area contributed by atoms with E-state index in [2.05, 4.69) is 5.32 Å². The maximum atomic E-state index is 11.9. The normalized spacial score (nSPS) is 11.6. The van der Waals surface area contributed by atoms with Crippen LogP contribution in [0.25, 0.3) is 0 Å². The molecule has 0 radical (unpaired) electrons. The van der Waals surface area contributed by atoms with Crippen molar-refractivity contribution in [1.82, 2.24) is 5.32 Å². The van der Waals surface area contributed by atoms with Gasteiger partial charge in [-0.05, 0) is 49.6 Å². The Labute approximate surface area is 155 Å². The van der Waals surface area contributed by atoms with E-state index in [0.717, 1.165) is 15.5 Å². The van der Waals surface area contributed by atoms with Crippen LogP contribution in [0.2, 0.25) is 0 Å². The molecule has 1 N–H and O–H groups in total. The average molecular weight is 380 g/mol. The molecule has 0 spiro atoms. The van der Waals surface area contributed by atoms with E-state index in [4.69, 9.17) is 9.47 Å². The zero-order valence-corrected chi connectivity index (χ0v) is 15.8. The molecule has 2 rings (SSSR count). The number of nitrogens with one attached hydrogen (secondary N) is 1. The number of hydrogen-bond donors (Lipinski definition) is 1. The van der Waals surface area contributed by atoms with Gasteiger partial charge in [-0.2, -0.15) is 0 Å². The maximum absolute atomic E-state index is 11.9. The molecule has 0 unspecified atom stereocenters. The molecule has 1 aromatic carbocycles. The number of thiophene rings is 1. The van der Waals surface area contributed by atoms with Gasteiger partial charge in [0.1, 0.15) is 5.75 Å². The molecule has 25 heavy (non-hydrogen) atoms. The van der Waals surface area contributed by atoms with Crippen LogP contribution in [0.3, 0.4) is 0 Å². The van der Waals surface area contributed by atoms with Gasteiger partial charge in [-0.25, -0.2) is 0 Å². The zero-order chi connectivity index (χ0) is 18.1. The topological polar surface area (TPSA) is 64.6 Å². The number of benzene rings is 1. The third-order valence-corrected chi connectivity index (χ3v) is 5.05. The van der Waals surface area contributed by atoms with Crippen LogP contribution in [0.15, 0.2) is 46.7 Å². The van der Waals surface area contributed by atoms with E-state index >= 15 is 0 Å². The summed E-state index contributed by atoms with van der Waals surface area (Å²) in [6.45, 7) is 4.56. The lowest BCUT2D eigenvalue weighted by Crippen LogP contribution is -2.35. The van der Waals surface area contributed by atoms with E-state index in [1.54, 1.807) is 18.3 Å². The van der Waals surface area contributed by atoms with E-state index in [0.29, 0.717) is 13.2 Å². The van der Waals surface area contributed by atoms with Crippen molar-refractivity contribution in [2.75, 3.05) is 12.4 Å². The van der Waals surface area contributed by atoms with Gasteiger partial charge in [0.15, 0.2) is 6.10 Å². The second-order valence-corrected chi connectivity index (χ2v) is 7.20. The molecule has 0 saturated heterocycles. The highest BCUT2D eigenvalue weighted by Gasteiger charge is 2.17. The van der Waals surface area contributed by atoms with Crippen LogP contribution in [0, 0.1) is 0 Å². The molecule has 7 heteroatoms. The summed E-state index contributed by atoms with van der Waals surface area (Å²) >= 11 is 2.93. The Morgan fingerprint density at radius 2 is 2.00 bits per heavy atom. The first kappa shape index (κ1) is 19.3. The first-order valence-corrected chi connectivity index (χ1v) is 9.80. The highest BCUT2D eigenvalue weighted by Crippen LogP contribution is 2.21. The van der Waals surface area contributed by atoms with Gasteiger partial charge in [-0.15, -0.1) is 23.1 Å². The van der Waals surface area contributed by atoms with Gasteiger partial charge in [-0.1, -0.05) is 6.07 Å². The minimum Gasteiger partial charge on any atom is -0.494 e. The molecule has 0 aliphatic heterocycles. The van der Waals surface area contributed by atoms with Gasteiger partial charge in [0.2, 0.25) is 0 Å². The molecule has 1 amide bonds. The summed E-state index contributed by atoms with van der Waals surface area (Å²) in [5.41, 5.74) is 0. The fourth-order valence-corrected chi connectivity index (χ4v) is 3.28. The quantitative estimate of drug-likeness (QED) is 0.534. The molecular weight excluding hydrogens is 358 g/mol. The van der Waals surface area contributed by atoms with Crippen molar-refractivity contribution >= 4 is 35.0 Å². The van der Waals surface area contributed by atoms with Crippen LogP contribution in [0.1, 0.15) is 18.7 Å². The number of rotatable bonds is 9. The summed E-state index contributed by atoms with van der Waals surface area (Å²) in [5, 5.41) is 4.70. The Bertz CT molecular complexity index is 671. The van der Waals surface area contributed by atoms with Crippen LogP contribution >= 0.6 is 23.1 Å². The van der Waals surface area contributed by atoms with E-state index in [1.807, 2.05) is 48.7 Å². The molecule has 1 atom stereocenters. The molecule has 0 bridgehead atoms. The number of hydrogen-bond acceptors (Lipinski definition) is 6. The van der Waals surface area contributed by atoms with Gasteiger partial charge < -0.3 is 14.8 Å². The minimum atomic E-state index is -0.812. The lowest BCUT2D eigenvalue weighted by atomic mass is 10.3. The van der Waals surface area contributed by atoms with Gasteiger partial charge in [0, 0.05) is 9.77 Å². The van der Waals surface area contributed by atoms with Crippen LogP contribution < -0.4 is 10.1 Å². The second-order valence-electron chi connectivity index (χ2n) is 5.12. The predicted molar refractivity (Wildman–Crippen MR) is 100 cm³/mol. The average Bonchev–Trinajstić information content (AvgIpc) is 3.13. The van der Waals surface area contributed by atoms with Crippen molar-refractivity contribution in [2.24, 2.45) is 0 Å². The number of thioether (sulfide) groups is 1. The standard InChI is InChI=1S/C18H21NO4S2/c1-3-22-14-6-8-15(9-7-14)25-12-17(20)23-13(2)18(21)19-11-16-5-4-10-24-16/h4-10,13H,3,11-12H2,1-2H3,(H,19,21)/t13-/m0/s1. The Hall–Kier alpha value is -1.99. The number of amides is 1. The molecule has 2 aromatic rings. The van der Waals surface area contributed by atoms with Gasteiger partial charge >= 0.3 is 5.97 Å². The molecular formula is C18H21NO4S2. The highest BCUT2D eigenvalue weighted by molar-refractivity contribution is 8.00. The van der Waals surface area contributed by atoms with Crippen LogP contribution in [-0.4, -0.2) is 30.3 Å². The lowest BCUT2D eigenvalue weighted by Gasteiger charge is -2.13. The molecule has 0 fully saturated rings. The zero-order valence-electron chi connectivity index (χ0n) is 14.2. The van der Waals surface area contributed by atoms with Crippen LogP contribution in [-0.2, 0) is 20.9 Å². The Morgan fingerprint density at radius 1 is 1.24 bits per heavy atom. The third-order valence-electron chi connectivity index (χ3n) is 3.19. The van der Waals surface area contributed by atoms with Crippen molar-refractivity contribution in [3.05, 3.63) is 46.7 Å². The summed E-state index contributed by atoms with van der Waals surface area (Å²) in [6, 6.07) is 11.4. The second kappa shape index (κ2) is 10.1. The molecule has 0 aliphatic rings. The van der Waals surface area contributed by atoms with Crippen molar-refractivity contribution in [2.45, 2.75) is 31.4 Å². The molecule has 5 nitrogen and oxygen atoms in total. The van der Waals surface area contributed by atoms with Gasteiger partial charge in [0.25, 0.3) is 5.91 Å². The molecule has 1 heterocycles. The molecule has 134 valence electrons. The van der Waals surface area contributed by atoms with Gasteiger partial charge in [0.05, 0.1) is 18.9 Å². The first-order valence-electron chi connectivity index (χ1n) is 7.93. The maximum Gasteiger partial charge on any atom is 0.317 e. The predicted octanol–water partition coefficient (Wildman–Crippen LogP) is 3.49. The fourth-order valence-electron chi connectivity index (χ4n) is 1.96. The van der Waals surface area contributed by atoms with Crippen molar-refractivity contribution in [3.63, 3.8) is 0 Å². The van der Waals surface area contributed by atoms with Crippen molar-refractivity contribution < 1.29 is 19.1 Å². The van der Waals surface area contributed by atoms with E-state index in [9.17, 15) is 9.59 Å². The Balaban J connectivity index is 1.70. The molecule has 0 saturated carbocycles. The van der Waals surface area contributed by atoms with Gasteiger partial charge in [-0.3, -0.25) is 9.59 Å². The van der Waals surface area contributed by atoms with Crippen LogP contribution in [0.5, 0.6) is 5.75 Å². The highest BCUT2D eigenvalue weighted by atomic mass is 32.2. The fraction of sp³-hybridized carbons (Fsp3) is 0.333. The minimum absolute atomic E-state index is 0.149. The largest absolute Gasteiger partial charge is 0.494 e. The van der Waals surface area contributed by atoms with Crippen LogP contribution in [0.4, 0.5) is 0 Å². The Kier molecular flexibility index (Phi) is 7.81. The SMILES string of the molecule is CCOc1ccc(SCC(=O)O[C@@H](C)C(=O)NCc2cccs2)cc1. The number of esters is 1. The molecule has 0 aliphatic carbocycles. The summed E-state index contributed by atoms with van der Waals surface area (Å²) in [4.78, 5) is 25.8. The number of carbonyl (C=O) groups is 2. The summed E-state index contributed by atoms with van der Waals surface area (Å²) in [5.74, 6) is 0.229. The summed E-state index contributed by atoms with van der Waals surface area (Å²) in [6.07, 6.45) is -0.812. The van der Waals surface area contributed by atoms with Crippen molar-refractivity contribution in [1.29, 1.82) is 0 Å². The number of carbonyl (C=O) groups excluding carboxylic acids is 2. The van der Waals surface area contributed by atoms with E-state index in [1.165, 1.54) is 11.8 Å². The summed E-state index contributed by atoms with van der Waals surface area (Å²) in [7, 11) is 0. The number of ether oxygens (including phenoxy) is 2. The smallest absolute Gasteiger partial charge is 0.317 e.